The van der Waals surface area contributed by atoms with Crippen LogP contribution in [0.3, 0.4) is 0 Å². The van der Waals surface area contributed by atoms with Crippen molar-refractivity contribution in [1.82, 2.24) is 0 Å². The molecule has 0 radical (unpaired) electrons. The number of rotatable bonds is 11. The maximum atomic E-state index is 13.8. The number of esters is 2. The minimum Gasteiger partial charge on any atom is -0.460 e. The van der Waals surface area contributed by atoms with E-state index in [2.05, 4.69) is 0 Å². The van der Waals surface area contributed by atoms with Crippen LogP contribution in [0.15, 0.2) is 0 Å². The number of hydrogen-bond donors (Lipinski definition) is 0. The van der Waals surface area contributed by atoms with Crippen molar-refractivity contribution < 1.29 is 27.8 Å². The van der Waals surface area contributed by atoms with Gasteiger partial charge in [-0.25, -0.2) is 18.4 Å². The SMILES string of the molecule is CCCC[C@@H](F)C(=O)OC1CCC(C2CCC(OC(=O)[C@H](F)CCCC)CC2)CC1. The van der Waals surface area contributed by atoms with E-state index in [0.717, 1.165) is 64.2 Å². The van der Waals surface area contributed by atoms with Crippen molar-refractivity contribution in [2.24, 2.45) is 11.8 Å². The Hall–Kier alpha value is -1.20. The van der Waals surface area contributed by atoms with Crippen LogP contribution in [0.5, 0.6) is 0 Å². The van der Waals surface area contributed by atoms with E-state index >= 15 is 0 Å². The van der Waals surface area contributed by atoms with Crippen molar-refractivity contribution in [2.45, 2.75) is 128 Å². The maximum absolute atomic E-state index is 13.8. The second kappa shape index (κ2) is 13.3. The van der Waals surface area contributed by atoms with Gasteiger partial charge in [0.1, 0.15) is 12.2 Å². The molecule has 0 saturated heterocycles. The van der Waals surface area contributed by atoms with E-state index < -0.39 is 24.3 Å². The zero-order chi connectivity index (χ0) is 21.9. The minimum atomic E-state index is -1.49. The second-order valence-electron chi connectivity index (χ2n) is 9.17. The van der Waals surface area contributed by atoms with Gasteiger partial charge in [-0.15, -0.1) is 0 Å². The number of unbranched alkanes of at least 4 members (excludes halogenated alkanes) is 2. The van der Waals surface area contributed by atoms with Gasteiger partial charge in [0.25, 0.3) is 0 Å². The second-order valence-corrected chi connectivity index (χ2v) is 9.17. The van der Waals surface area contributed by atoms with Crippen LogP contribution in [-0.4, -0.2) is 36.5 Å². The molecule has 4 nitrogen and oxygen atoms in total. The highest BCUT2D eigenvalue weighted by Crippen LogP contribution is 2.39. The number of hydrogen-bond acceptors (Lipinski definition) is 4. The largest absolute Gasteiger partial charge is 0.460 e. The molecule has 0 amide bonds. The summed E-state index contributed by atoms with van der Waals surface area (Å²) in [6.07, 6.45) is 7.48. The molecular weight excluding hydrogens is 390 g/mol. The summed E-state index contributed by atoms with van der Waals surface area (Å²) in [7, 11) is 0. The van der Waals surface area contributed by atoms with Crippen LogP contribution in [0.1, 0.15) is 104 Å². The number of alkyl halides is 2. The van der Waals surface area contributed by atoms with Crippen LogP contribution in [0.2, 0.25) is 0 Å². The van der Waals surface area contributed by atoms with Crippen molar-refractivity contribution in [1.29, 1.82) is 0 Å². The van der Waals surface area contributed by atoms with E-state index in [4.69, 9.17) is 9.47 Å². The van der Waals surface area contributed by atoms with E-state index in [1.165, 1.54) is 0 Å². The van der Waals surface area contributed by atoms with E-state index in [1.54, 1.807) is 0 Å². The Labute approximate surface area is 180 Å². The van der Waals surface area contributed by atoms with E-state index in [-0.39, 0.29) is 25.0 Å². The van der Waals surface area contributed by atoms with Crippen molar-refractivity contribution in [3.63, 3.8) is 0 Å². The lowest BCUT2D eigenvalue weighted by atomic mass is 9.72. The lowest BCUT2D eigenvalue weighted by Crippen LogP contribution is -2.34. The first-order valence-electron chi connectivity index (χ1n) is 12.1. The third-order valence-electron chi connectivity index (χ3n) is 6.80. The van der Waals surface area contributed by atoms with Gasteiger partial charge in [0.2, 0.25) is 0 Å². The summed E-state index contributed by atoms with van der Waals surface area (Å²) in [6.45, 7) is 3.95. The predicted molar refractivity (Wildman–Crippen MR) is 113 cm³/mol. The van der Waals surface area contributed by atoms with Crippen molar-refractivity contribution >= 4 is 11.9 Å². The third kappa shape index (κ3) is 8.14. The molecule has 0 aliphatic heterocycles. The molecule has 2 saturated carbocycles. The number of halogens is 2. The molecule has 174 valence electrons. The van der Waals surface area contributed by atoms with Crippen LogP contribution in [0.4, 0.5) is 8.78 Å². The zero-order valence-corrected chi connectivity index (χ0v) is 18.8. The summed E-state index contributed by atoms with van der Waals surface area (Å²) in [5, 5.41) is 0. The Morgan fingerprint density at radius 1 is 0.700 bits per heavy atom. The van der Waals surface area contributed by atoms with Gasteiger partial charge in [-0.05, 0) is 76.0 Å². The standard InChI is InChI=1S/C24H40F2O4/c1-3-5-7-21(25)23(27)29-19-13-9-17(10-14-19)18-11-15-20(16-12-18)30-24(28)22(26)8-6-4-2/h17-22H,3-16H2,1-2H3/t17?,18?,19?,20?,21-,22-/m1/s1. The lowest BCUT2D eigenvalue weighted by molar-refractivity contribution is -0.159. The van der Waals surface area contributed by atoms with Gasteiger partial charge in [0, 0.05) is 0 Å². The summed E-state index contributed by atoms with van der Waals surface area (Å²) < 4.78 is 38.4. The van der Waals surface area contributed by atoms with Crippen LogP contribution >= 0.6 is 0 Å². The monoisotopic (exact) mass is 430 g/mol. The first kappa shape index (κ1) is 25.1. The molecule has 2 fully saturated rings. The fourth-order valence-electron chi connectivity index (χ4n) is 4.83. The fourth-order valence-corrected chi connectivity index (χ4v) is 4.83. The zero-order valence-electron chi connectivity index (χ0n) is 18.8. The minimum absolute atomic E-state index is 0.157. The molecule has 2 rings (SSSR count). The highest BCUT2D eigenvalue weighted by molar-refractivity contribution is 5.75. The van der Waals surface area contributed by atoms with Crippen LogP contribution in [0.25, 0.3) is 0 Å². The molecule has 2 aliphatic carbocycles. The molecule has 0 N–H and O–H groups in total. The molecule has 2 atom stereocenters. The average Bonchev–Trinajstić information content (AvgIpc) is 2.76. The van der Waals surface area contributed by atoms with Gasteiger partial charge in [-0.2, -0.15) is 0 Å². The number of carbonyl (C=O) groups is 2. The van der Waals surface area contributed by atoms with Crippen LogP contribution in [0, 0.1) is 11.8 Å². The molecule has 0 aromatic heterocycles. The Kier molecular flexibility index (Phi) is 11.1. The molecular formula is C24H40F2O4. The molecule has 0 heterocycles. The summed E-state index contributed by atoms with van der Waals surface area (Å²) in [6, 6.07) is 0. The molecule has 0 unspecified atom stereocenters. The third-order valence-corrected chi connectivity index (χ3v) is 6.80. The highest BCUT2D eigenvalue weighted by atomic mass is 19.1. The first-order valence-corrected chi connectivity index (χ1v) is 12.1. The Morgan fingerprint density at radius 3 is 1.33 bits per heavy atom. The van der Waals surface area contributed by atoms with Gasteiger partial charge in [0.15, 0.2) is 12.3 Å². The van der Waals surface area contributed by atoms with Crippen molar-refractivity contribution in [3.05, 3.63) is 0 Å². The Bertz CT molecular complexity index is 465. The topological polar surface area (TPSA) is 52.6 Å². The Morgan fingerprint density at radius 2 is 1.03 bits per heavy atom. The smallest absolute Gasteiger partial charge is 0.340 e. The average molecular weight is 431 g/mol. The maximum Gasteiger partial charge on any atom is 0.340 e. The van der Waals surface area contributed by atoms with E-state index in [0.29, 0.717) is 24.7 Å². The van der Waals surface area contributed by atoms with Gasteiger partial charge in [-0.1, -0.05) is 39.5 Å². The quantitative estimate of drug-likeness (QED) is 0.364. The molecule has 0 spiro atoms. The summed E-state index contributed by atoms with van der Waals surface area (Å²) in [5.74, 6) is -0.230. The molecule has 30 heavy (non-hydrogen) atoms. The van der Waals surface area contributed by atoms with Gasteiger partial charge in [0.05, 0.1) is 0 Å². The van der Waals surface area contributed by atoms with Gasteiger partial charge in [-0.3, -0.25) is 0 Å². The fraction of sp³-hybridized carbons (Fsp3) is 0.917. The summed E-state index contributed by atoms with van der Waals surface area (Å²) in [4.78, 5) is 23.7. The predicted octanol–water partition coefficient (Wildman–Crippen LogP) is 6.25. The van der Waals surface area contributed by atoms with Gasteiger partial charge >= 0.3 is 11.9 Å². The van der Waals surface area contributed by atoms with Crippen molar-refractivity contribution in [2.75, 3.05) is 0 Å². The van der Waals surface area contributed by atoms with Crippen molar-refractivity contribution in [3.8, 4) is 0 Å². The molecule has 0 aromatic rings. The summed E-state index contributed by atoms with van der Waals surface area (Å²) >= 11 is 0. The molecule has 6 heteroatoms. The molecule has 2 aliphatic rings. The van der Waals surface area contributed by atoms with E-state index in [9.17, 15) is 18.4 Å². The highest BCUT2D eigenvalue weighted by Gasteiger charge is 2.34. The number of ether oxygens (including phenoxy) is 2. The molecule has 0 aromatic carbocycles. The lowest BCUT2D eigenvalue weighted by Gasteiger charge is -2.37. The normalized spacial score (nSPS) is 29.1. The summed E-state index contributed by atoms with van der Waals surface area (Å²) in [5.41, 5.74) is 0. The van der Waals surface area contributed by atoms with Crippen LogP contribution < -0.4 is 0 Å². The van der Waals surface area contributed by atoms with E-state index in [1.807, 2.05) is 13.8 Å². The molecule has 0 bridgehead atoms. The Balaban J connectivity index is 1.64. The first-order chi connectivity index (χ1) is 14.4. The van der Waals surface area contributed by atoms with Crippen LogP contribution in [-0.2, 0) is 19.1 Å². The van der Waals surface area contributed by atoms with Gasteiger partial charge < -0.3 is 9.47 Å². The number of carbonyl (C=O) groups excluding carboxylic acids is 2.